The first-order valence-corrected chi connectivity index (χ1v) is 8.24. The molecule has 1 saturated heterocycles. The van der Waals surface area contributed by atoms with Gasteiger partial charge in [0, 0.05) is 38.0 Å². The lowest BCUT2D eigenvalue weighted by Crippen LogP contribution is -2.42. The quantitative estimate of drug-likeness (QED) is 0.423. The Labute approximate surface area is 156 Å². The summed E-state index contributed by atoms with van der Waals surface area (Å²) in [5.41, 5.74) is 3.43. The SMILES string of the molecule is CCNC(=NCc1c(C)nn(C)c1C)NCC1CCCCO1.I. The first kappa shape index (κ1) is 20.2. The normalized spacial score (nSPS) is 18.4. The minimum Gasteiger partial charge on any atom is -0.376 e. The monoisotopic (exact) mass is 435 g/mol. The Balaban J connectivity index is 0.00000264. The summed E-state index contributed by atoms with van der Waals surface area (Å²) in [5, 5.41) is 11.1. The average molecular weight is 435 g/mol. The molecule has 1 fully saturated rings. The highest BCUT2D eigenvalue weighted by Crippen LogP contribution is 2.13. The predicted octanol–water partition coefficient (Wildman–Crippen LogP) is 2.28. The van der Waals surface area contributed by atoms with Gasteiger partial charge in [0.15, 0.2) is 5.96 Å². The number of nitrogens with zero attached hydrogens (tertiary/aromatic N) is 3. The standard InChI is InChI=1S/C16H29N5O.HI/c1-5-17-16(18-10-14-8-6-7-9-22-14)19-11-15-12(2)20-21(4)13(15)3;/h14H,5-11H2,1-4H3,(H2,17,18,19);1H. The Bertz CT molecular complexity index is 509. The van der Waals surface area contributed by atoms with Gasteiger partial charge in [-0.15, -0.1) is 24.0 Å². The van der Waals surface area contributed by atoms with Crippen molar-refractivity contribution in [2.45, 2.75) is 52.7 Å². The molecule has 1 atom stereocenters. The zero-order valence-electron chi connectivity index (χ0n) is 14.7. The van der Waals surface area contributed by atoms with Crippen LogP contribution in [-0.4, -0.2) is 41.5 Å². The molecular weight excluding hydrogens is 405 g/mol. The summed E-state index contributed by atoms with van der Waals surface area (Å²) in [4.78, 5) is 4.69. The van der Waals surface area contributed by atoms with Gasteiger partial charge in [0.05, 0.1) is 18.3 Å². The summed E-state index contributed by atoms with van der Waals surface area (Å²) in [6, 6.07) is 0. The molecule has 23 heavy (non-hydrogen) atoms. The summed E-state index contributed by atoms with van der Waals surface area (Å²) in [6.45, 7) is 9.39. The molecule has 0 aliphatic carbocycles. The van der Waals surface area contributed by atoms with Gasteiger partial charge in [0.2, 0.25) is 0 Å². The molecule has 2 N–H and O–H groups in total. The summed E-state index contributed by atoms with van der Waals surface area (Å²) in [7, 11) is 1.97. The summed E-state index contributed by atoms with van der Waals surface area (Å²) >= 11 is 0. The van der Waals surface area contributed by atoms with Gasteiger partial charge in [-0.05, 0) is 40.0 Å². The fourth-order valence-corrected chi connectivity index (χ4v) is 2.73. The predicted molar refractivity (Wildman–Crippen MR) is 105 cm³/mol. The zero-order chi connectivity index (χ0) is 15.9. The van der Waals surface area contributed by atoms with E-state index in [0.717, 1.165) is 37.8 Å². The van der Waals surface area contributed by atoms with Crippen molar-refractivity contribution in [1.29, 1.82) is 0 Å². The number of ether oxygens (including phenoxy) is 1. The summed E-state index contributed by atoms with van der Waals surface area (Å²) in [6.07, 6.45) is 3.88. The number of guanidine groups is 1. The van der Waals surface area contributed by atoms with Crippen LogP contribution in [0.4, 0.5) is 0 Å². The maximum absolute atomic E-state index is 5.75. The van der Waals surface area contributed by atoms with Gasteiger partial charge in [-0.2, -0.15) is 5.10 Å². The van der Waals surface area contributed by atoms with E-state index in [1.807, 2.05) is 18.7 Å². The molecule has 2 heterocycles. The van der Waals surface area contributed by atoms with Gasteiger partial charge in [0.25, 0.3) is 0 Å². The highest BCUT2D eigenvalue weighted by molar-refractivity contribution is 14.0. The molecule has 1 aromatic heterocycles. The van der Waals surface area contributed by atoms with Crippen LogP contribution >= 0.6 is 24.0 Å². The van der Waals surface area contributed by atoms with Crippen LogP contribution in [0.1, 0.15) is 43.1 Å². The Morgan fingerprint density at radius 3 is 2.70 bits per heavy atom. The Kier molecular flexibility index (Phi) is 8.90. The second kappa shape index (κ2) is 10.1. The van der Waals surface area contributed by atoms with Crippen LogP contribution < -0.4 is 10.6 Å². The van der Waals surface area contributed by atoms with E-state index in [1.54, 1.807) is 0 Å². The van der Waals surface area contributed by atoms with Crippen molar-refractivity contribution in [2.75, 3.05) is 19.7 Å². The van der Waals surface area contributed by atoms with Crippen molar-refractivity contribution < 1.29 is 4.74 Å². The first-order valence-electron chi connectivity index (χ1n) is 8.24. The number of aliphatic imine (C=N–C) groups is 1. The molecule has 6 nitrogen and oxygen atoms in total. The molecule has 1 aromatic rings. The van der Waals surface area contributed by atoms with Gasteiger partial charge in [-0.1, -0.05) is 0 Å². The fraction of sp³-hybridized carbons (Fsp3) is 0.750. The number of hydrogen-bond acceptors (Lipinski definition) is 3. The lowest BCUT2D eigenvalue weighted by molar-refractivity contribution is 0.0194. The van der Waals surface area contributed by atoms with Crippen LogP contribution in [0.3, 0.4) is 0 Å². The van der Waals surface area contributed by atoms with E-state index in [0.29, 0.717) is 12.6 Å². The smallest absolute Gasteiger partial charge is 0.191 e. The third-order valence-corrected chi connectivity index (χ3v) is 4.17. The molecule has 1 aliphatic rings. The molecule has 1 unspecified atom stereocenters. The van der Waals surface area contributed by atoms with Gasteiger partial charge in [-0.3, -0.25) is 4.68 Å². The minimum absolute atomic E-state index is 0. The number of aromatic nitrogens is 2. The Morgan fingerprint density at radius 1 is 1.35 bits per heavy atom. The number of hydrogen-bond donors (Lipinski definition) is 2. The molecule has 0 amide bonds. The van der Waals surface area contributed by atoms with E-state index in [4.69, 9.17) is 4.74 Å². The van der Waals surface area contributed by atoms with Crippen molar-refractivity contribution in [1.82, 2.24) is 20.4 Å². The van der Waals surface area contributed by atoms with E-state index < -0.39 is 0 Å². The van der Waals surface area contributed by atoms with Crippen molar-refractivity contribution in [3.05, 3.63) is 17.0 Å². The maximum Gasteiger partial charge on any atom is 0.191 e. The van der Waals surface area contributed by atoms with E-state index in [9.17, 15) is 0 Å². The molecule has 0 aromatic carbocycles. The van der Waals surface area contributed by atoms with Crippen LogP contribution in [0.25, 0.3) is 0 Å². The second-order valence-corrected chi connectivity index (χ2v) is 5.84. The molecule has 132 valence electrons. The number of halogens is 1. The Hall–Kier alpha value is -0.830. The van der Waals surface area contributed by atoms with Gasteiger partial charge < -0.3 is 15.4 Å². The van der Waals surface area contributed by atoms with E-state index in [1.165, 1.54) is 24.1 Å². The van der Waals surface area contributed by atoms with E-state index in [2.05, 4.69) is 34.6 Å². The molecule has 7 heteroatoms. The molecule has 1 aliphatic heterocycles. The Morgan fingerprint density at radius 2 is 2.13 bits per heavy atom. The highest BCUT2D eigenvalue weighted by Gasteiger charge is 2.14. The molecule has 0 bridgehead atoms. The molecular formula is C16H30IN5O. The lowest BCUT2D eigenvalue weighted by atomic mass is 10.1. The number of rotatable bonds is 5. The molecule has 0 saturated carbocycles. The lowest BCUT2D eigenvalue weighted by Gasteiger charge is -2.23. The second-order valence-electron chi connectivity index (χ2n) is 5.84. The third-order valence-electron chi connectivity index (χ3n) is 4.17. The maximum atomic E-state index is 5.75. The van der Waals surface area contributed by atoms with Crippen molar-refractivity contribution in [2.24, 2.45) is 12.0 Å². The highest BCUT2D eigenvalue weighted by atomic mass is 127. The van der Waals surface area contributed by atoms with Crippen molar-refractivity contribution >= 4 is 29.9 Å². The van der Waals surface area contributed by atoms with Gasteiger partial charge >= 0.3 is 0 Å². The third kappa shape index (κ3) is 5.95. The van der Waals surface area contributed by atoms with Crippen LogP contribution in [-0.2, 0) is 18.3 Å². The average Bonchev–Trinajstić information content (AvgIpc) is 2.76. The van der Waals surface area contributed by atoms with Crippen LogP contribution in [0.2, 0.25) is 0 Å². The molecule has 2 rings (SSSR count). The van der Waals surface area contributed by atoms with Crippen LogP contribution in [0.5, 0.6) is 0 Å². The van der Waals surface area contributed by atoms with Gasteiger partial charge in [0.1, 0.15) is 0 Å². The minimum atomic E-state index is 0. The zero-order valence-corrected chi connectivity index (χ0v) is 17.0. The van der Waals surface area contributed by atoms with E-state index >= 15 is 0 Å². The van der Waals surface area contributed by atoms with Gasteiger partial charge in [-0.25, -0.2) is 4.99 Å². The van der Waals surface area contributed by atoms with Crippen molar-refractivity contribution in [3.63, 3.8) is 0 Å². The largest absolute Gasteiger partial charge is 0.376 e. The summed E-state index contributed by atoms with van der Waals surface area (Å²) in [5.74, 6) is 0.847. The van der Waals surface area contributed by atoms with Crippen LogP contribution in [0, 0.1) is 13.8 Å². The number of aryl methyl sites for hydroxylation is 2. The first-order chi connectivity index (χ1) is 10.6. The molecule has 0 radical (unpaired) electrons. The molecule has 0 spiro atoms. The number of nitrogens with one attached hydrogen (secondary N) is 2. The van der Waals surface area contributed by atoms with E-state index in [-0.39, 0.29) is 24.0 Å². The van der Waals surface area contributed by atoms with Crippen LogP contribution in [0.15, 0.2) is 4.99 Å². The summed E-state index contributed by atoms with van der Waals surface area (Å²) < 4.78 is 7.67. The fourth-order valence-electron chi connectivity index (χ4n) is 2.73. The van der Waals surface area contributed by atoms with Crippen molar-refractivity contribution in [3.8, 4) is 0 Å². The topological polar surface area (TPSA) is 63.5 Å².